The first-order valence-electron chi connectivity index (χ1n) is 5.74. The molecule has 112 valence electrons. The molecule has 1 heterocycles. The first kappa shape index (κ1) is 14.7. The third kappa shape index (κ3) is 3.45. The summed E-state index contributed by atoms with van der Waals surface area (Å²) in [6.07, 6.45) is -7.51. The van der Waals surface area contributed by atoms with Crippen LogP contribution in [0, 0.1) is 0 Å². The molecule has 3 nitrogen and oxygen atoms in total. The fourth-order valence-electron chi connectivity index (χ4n) is 1.85. The number of hydrogen-bond acceptors (Lipinski definition) is 3. The van der Waals surface area contributed by atoms with E-state index in [-0.39, 0.29) is 11.4 Å². The quantitative estimate of drug-likeness (QED) is 0.871. The molecule has 0 saturated heterocycles. The number of anilines is 2. The van der Waals surface area contributed by atoms with Gasteiger partial charge in [-0.3, -0.25) is 0 Å². The van der Waals surface area contributed by atoms with E-state index in [0.29, 0.717) is 18.9 Å². The molecule has 0 aromatic carbocycles. The molecule has 1 fully saturated rings. The van der Waals surface area contributed by atoms with Crippen LogP contribution in [0.3, 0.4) is 0 Å². The summed E-state index contributed by atoms with van der Waals surface area (Å²) in [5, 5.41) is 0. The first-order valence-corrected chi connectivity index (χ1v) is 5.74. The third-order valence-electron chi connectivity index (χ3n) is 2.85. The highest BCUT2D eigenvalue weighted by Gasteiger charge is 2.40. The van der Waals surface area contributed by atoms with Crippen LogP contribution in [-0.2, 0) is 6.18 Å². The number of aromatic nitrogens is 1. The van der Waals surface area contributed by atoms with E-state index in [1.54, 1.807) is 0 Å². The maximum absolute atomic E-state index is 12.6. The van der Waals surface area contributed by atoms with Crippen molar-refractivity contribution < 1.29 is 26.3 Å². The second-order valence-corrected chi connectivity index (χ2v) is 4.60. The normalized spacial score (nSPS) is 16.3. The molecule has 0 aliphatic heterocycles. The Bertz CT molecular complexity index is 492. The highest BCUT2D eigenvalue weighted by molar-refractivity contribution is 5.68. The zero-order valence-corrected chi connectivity index (χ0v) is 10.1. The Morgan fingerprint density at radius 3 is 2.25 bits per heavy atom. The number of halogens is 6. The molecular formula is C11H11F6N3. The van der Waals surface area contributed by atoms with Crippen molar-refractivity contribution in [3.8, 4) is 0 Å². The van der Waals surface area contributed by atoms with Gasteiger partial charge in [-0.1, -0.05) is 0 Å². The Morgan fingerprint density at radius 2 is 1.80 bits per heavy atom. The molecule has 0 amide bonds. The molecule has 1 aliphatic rings. The molecule has 1 aromatic rings. The van der Waals surface area contributed by atoms with Crippen LogP contribution >= 0.6 is 0 Å². The maximum atomic E-state index is 12.6. The summed E-state index contributed by atoms with van der Waals surface area (Å²) in [7, 11) is 0. The van der Waals surface area contributed by atoms with Crippen molar-refractivity contribution in [2.75, 3.05) is 17.2 Å². The topological polar surface area (TPSA) is 42.1 Å². The van der Waals surface area contributed by atoms with Gasteiger partial charge in [-0.15, -0.1) is 0 Å². The van der Waals surface area contributed by atoms with Crippen molar-refractivity contribution in [1.29, 1.82) is 0 Å². The summed E-state index contributed by atoms with van der Waals surface area (Å²) in [6, 6.07) is 0.141. The fourth-order valence-corrected chi connectivity index (χ4v) is 1.85. The molecule has 0 spiro atoms. The minimum absolute atomic E-state index is 0.200. The van der Waals surface area contributed by atoms with Crippen LogP contribution in [0.15, 0.2) is 12.3 Å². The van der Waals surface area contributed by atoms with Crippen molar-refractivity contribution in [3.63, 3.8) is 0 Å². The molecule has 1 saturated carbocycles. The maximum Gasteiger partial charge on any atom is 0.433 e. The molecule has 0 radical (unpaired) electrons. The SMILES string of the molecule is Nc1cnc(C(F)(F)F)cc1N(CC(F)(F)F)C1CC1. The largest absolute Gasteiger partial charge is 0.433 e. The Hall–Kier alpha value is -1.67. The van der Waals surface area contributed by atoms with Gasteiger partial charge in [0.25, 0.3) is 0 Å². The van der Waals surface area contributed by atoms with E-state index in [1.165, 1.54) is 0 Å². The first-order chi connectivity index (χ1) is 9.08. The predicted molar refractivity (Wildman–Crippen MR) is 60.1 cm³/mol. The summed E-state index contributed by atoms with van der Waals surface area (Å²) in [4.78, 5) is 3.98. The number of nitrogen functional groups attached to an aromatic ring is 1. The van der Waals surface area contributed by atoms with E-state index < -0.39 is 30.6 Å². The lowest BCUT2D eigenvalue weighted by atomic mass is 10.2. The van der Waals surface area contributed by atoms with Crippen LogP contribution in [0.2, 0.25) is 0 Å². The van der Waals surface area contributed by atoms with Gasteiger partial charge >= 0.3 is 12.4 Å². The number of hydrogen-bond donors (Lipinski definition) is 1. The van der Waals surface area contributed by atoms with Crippen molar-refractivity contribution in [2.45, 2.75) is 31.2 Å². The van der Waals surface area contributed by atoms with Gasteiger partial charge < -0.3 is 10.6 Å². The summed E-state index contributed by atoms with van der Waals surface area (Å²) in [6.45, 7) is -1.33. The summed E-state index contributed by atoms with van der Waals surface area (Å²) in [5.41, 5.74) is 3.75. The molecule has 2 rings (SSSR count). The molecule has 2 N–H and O–H groups in total. The van der Waals surface area contributed by atoms with E-state index in [2.05, 4.69) is 4.98 Å². The number of nitrogens with two attached hydrogens (primary N) is 1. The molecule has 1 aromatic heterocycles. The van der Waals surface area contributed by atoms with Crippen LogP contribution in [0.25, 0.3) is 0 Å². The summed E-state index contributed by atoms with van der Waals surface area (Å²) < 4.78 is 75.3. The third-order valence-corrected chi connectivity index (χ3v) is 2.85. The molecule has 1 aliphatic carbocycles. The molecule has 0 unspecified atom stereocenters. The van der Waals surface area contributed by atoms with E-state index in [1.807, 2.05) is 0 Å². The highest BCUT2D eigenvalue weighted by atomic mass is 19.4. The molecule has 0 atom stereocenters. The van der Waals surface area contributed by atoms with Gasteiger partial charge in [-0.25, -0.2) is 4.98 Å². The van der Waals surface area contributed by atoms with Crippen molar-refractivity contribution in [1.82, 2.24) is 4.98 Å². The molecular weight excluding hydrogens is 288 g/mol. The lowest BCUT2D eigenvalue weighted by molar-refractivity contribution is -0.141. The zero-order valence-electron chi connectivity index (χ0n) is 10.1. The second-order valence-electron chi connectivity index (χ2n) is 4.60. The summed E-state index contributed by atoms with van der Waals surface area (Å²) in [5.74, 6) is 0. The Labute approximate surface area is 110 Å². The number of rotatable bonds is 3. The van der Waals surface area contributed by atoms with Crippen LogP contribution in [0.5, 0.6) is 0 Å². The van der Waals surface area contributed by atoms with E-state index in [9.17, 15) is 26.3 Å². The number of alkyl halides is 6. The van der Waals surface area contributed by atoms with Crippen molar-refractivity contribution in [3.05, 3.63) is 18.0 Å². The smallest absolute Gasteiger partial charge is 0.396 e. The second kappa shape index (κ2) is 4.71. The van der Waals surface area contributed by atoms with Gasteiger partial charge in [0.2, 0.25) is 0 Å². The lowest BCUT2D eigenvalue weighted by Crippen LogP contribution is -2.36. The number of nitrogens with zero attached hydrogens (tertiary/aromatic N) is 2. The highest BCUT2D eigenvalue weighted by Crippen LogP contribution is 2.39. The van der Waals surface area contributed by atoms with Crippen molar-refractivity contribution in [2.24, 2.45) is 0 Å². The zero-order chi connectivity index (χ0) is 15.1. The van der Waals surface area contributed by atoms with Gasteiger partial charge in [-0.05, 0) is 18.9 Å². The average molecular weight is 299 g/mol. The average Bonchev–Trinajstić information content (AvgIpc) is 3.07. The van der Waals surface area contributed by atoms with Crippen molar-refractivity contribution >= 4 is 11.4 Å². The van der Waals surface area contributed by atoms with Crippen LogP contribution in [0.1, 0.15) is 18.5 Å². The van der Waals surface area contributed by atoms with Crippen LogP contribution in [0.4, 0.5) is 37.7 Å². The monoisotopic (exact) mass is 299 g/mol. The molecule has 20 heavy (non-hydrogen) atoms. The van der Waals surface area contributed by atoms with Gasteiger partial charge in [0, 0.05) is 6.04 Å². The minimum atomic E-state index is -4.73. The molecule has 9 heteroatoms. The van der Waals surface area contributed by atoms with E-state index >= 15 is 0 Å². The Morgan fingerprint density at radius 1 is 1.20 bits per heavy atom. The van der Waals surface area contributed by atoms with Gasteiger partial charge in [0.05, 0.1) is 17.6 Å². The predicted octanol–water partition coefficient (Wildman–Crippen LogP) is 3.21. The molecule has 0 bridgehead atoms. The Balaban J connectivity index is 2.37. The Kier molecular flexibility index (Phi) is 3.47. The van der Waals surface area contributed by atoms with E-state index in [0.717, 1.165) is 11.1 Å². The lowest BCUT2D eigenvalue weighted by Gasteiger charge is -2.27. The standard InChI is InChI=1S/C11H11F6N3/c12-10(13,14)5-20(6-1-2-6)8-3-9(11(15,16)17)19-4-7(8)18/h3-4,6H,1-2,5,18H2. The van der Waals surface area contributed by atoms with Gasteiger partial charge in [-0.2, -0.15) is 26.3 Å². The van der Waals surface area contributed by atoms with Crippen LogP contribution < -0.4 is 10.6 Å². The minimum Gasteiger partial charge on any atom is -0.396 e. The van der Waals surface area contributed by atoms with Crippen LogP contribution in [-0.4, -0.2) is 23.7 Å². The summed E-state index contributed by atoms with van der Waals surface area (Å²) >= 11 is 0. The fraction of sp³-hybridized carbons (Fsp3) is 0.545. The van der Waals surface area contributed by atoms with Gasteiger partial charge in [0.1, 0.15) is 12.2 Å². The number of pyridine rings is 1. The van der Waals surface area contributed by atoms with Gasteiger partial charge in [0.15, 0.2) is 0 Å². The van der Waals surface area contributed by atoms with E-state index in [4.69, 9.17) is 5.73 Å².